The summed E-state index contributed by atoms with van der Waals surface area (Å²) in [5.41, 5.74) is 2.23. The van der Waals surface area contributed by atoms with Gasteiger partial charge in [-0.3, -0.25) is 0 Å². The first kappa shape index (κ1) is 14.0. The molecule has 3 atom stereocenters. The van der Waals surface area contributed by atoms with E-state index in [1.807, 2.05) is 19.1 Å². The topological polar surface area (TPSA) is 66.8 Å². The van der Waals surface area contributed by atoms with Gasteiger partial charge in [-0.1, -0.05) is 18.2 Å². The van der Waals surface area contributed by atoms with E-state index in [2.05, 4.69) is 6.58 Å². The van der Waals surface area contributed by atoms with Crippen molar-refractivity contribution in [1.29, 1.82) is 0 Å². The minimum Gasteiger partial charge on any atom is -0.454 e. The molecule has 104 valence electrons. The van der Waals surface area contributed by atoms with E-state index in [9.17, 15) is 15.0 Å². The molecule has 1 aliphatic carbocycles. The lowest BCUT2D eigenvalue weighted by molar-refractivity contribution is -0.137. The number of aliphatic hydroxyl groups is 2. The number of esters is 1. The molecule has 0 radical (unpaired) electrons. The van der Waals surface area contributed by atoms with Crippen molar-refractivity contribution in [3.63, 3.8) is 0 Å². The normalized spacial score (nSPS) is 35.0. The van der Waals surface area contributed by atoms with Crippen molar-refractivity contribution in [2.24, 2.45) is 5.92 Å². The van der Waals surface area contributed by atoms with Crippen molar-refractivity contribution < 1.29 is 19.7 Å². The zero-order valence-electron chi connectivity index (χ0n) is 11.1. The van der Waals surface area contributed by atoms with Crippen LogP contribution in [-0.4, -0.2) is 35.0 Å². The number of allylic oxidation sites excluding steroid dienone is 2. The van der Waals surface area contributed by atoms with Gasteiger partial charge in [0, 0.05) is 5.57 Å². The maximum Gasteiger partial charge on any atom is 0.334 e. The van der Waals surface area contributed by atoms with Gasteiger partial charge in [0.2, 0.25) is 0 Å². The van der Waals surface area contributed by atoms with Crippen LogP contribution in [0.3, 0.4) is 0 Å². The molecular formula is C15H20O4. The van der Waals surface area contributed by atoms with E-state index in [0.29, 0.717) is 12.0 Å². The summed E-state index contributed by atoms with van der Waals surface area (Å²) in [6.45, 7) is 5.63. The van der Waals surface area contributed by atoms with Gasteiger partial charge in [-0.2, -0.15) is 0 Å². The molecule has 3 unspecified atom stereocenters. The molecule has 2 rings (SSSR count). The molecule has 0 aromatic carbocycles. The molecule has 1 heterocycles. The Balaban J connectivity index is 2.32. The third-order valence-corrected chi connectivity index (χ3v) is 3.77. The smallest absolute Gasteiger partial charge is 0.334 e. The van der Waals surface area contributed by atoms with E-state index in [1.54, 1.807) is 0 Å². The molecule has 19 heavy (non-hydrogen) atoms. The third-order valence-electron chi connectivity index (χ3n) is 3.77. The molecule has 2 N–H and O–H groups in total. The highest BCUT2D eigenvalue weighted by Crippen LogP contribution is 2.34. The van der Waals surface area contributed by atoms with Gasteiger partial charge in [0.25, 0.3) is 0 Å². The van der Waals surface area contributed by atoms with Crippen molar-refractivity contribution in [2.45, 2.75) is 38.4 Å². The van der Waals surface area contributed by atoms with Gasteiger partial charge in [0.15, 0.2) is 0 Å². The van der Waals surface area contributed by atoms with Crippen molar-refractivity contribution in [1.82, 2.24) is 0 Å². The predicted octanol–water partition coefficient (Wildman–Crippen LogP) is 1.49. The maximum atomic E-state index is 11.6. The second-order valence-corrected chi connectivity index (χ2v) is 5.26. The van der Waals surface area contributed by atoms with Crippen molar-refractivity contribution in [3.05, 3.63) is 35.5 Å². The highest BCUT2D eigenvalue weighted by atomic mass is 16.6. The molecule has 4 heteroatoms. The number of hydrogen-bond acceptors (Lipinski definition) is 4. The average Bonchev–Trinajstić information content (AvgIpc) is 2.63. The molecule has 0 saturated carbocycles. The molecule has 0 amide bonds. The van der Waals surface area contributed by atoms with Crippen LogP contribution in [0.25, 0.3) is 0 Å². The standard InChI is InChI=1S/C15H20O4/c1-9-4-3-5-11(8-16)7-12(17)14-10(2)15(18)19-13(14)6-9/h5-6,12-14,16-17H,2-4,7-8H2,1H3/b9-6+,11-5?. The van der Waals surface area contributed by atoms with E-state index >= 15 is 0 Å². The lowest BCUT2D eigenvalue weighted by Gasteiger charge is -2.23. The molecule has 0 aromatic rings. The van der Waals surface area contributed by atoms with Gasteiger partial charge < -0.3 is 14.9 Å². The molecule has 0 bridgehead atoms. The Kier molecular flexibility index (Phi) is 4.22. The minimum atomic E-state index is -0.760. The van der Waals surface area contributed by atoms with Gasteiger partial charge in [-0.25, -0.2) is 4.79 Å². The summed E-state index contributed by atoms with van der Waals surface area (Å²) >= 11 is 0. The Morgan fingerprint density at radius 1 is 1.53 bits per heavy atom. The third kappa shape index (κ3) is 2.96. The average molecular weight is 264 g/mol. The van der Waals surface area contributed by atoms with Crippen LogP contribution in [0.4, 0.5) is 0 Å². The SMILES string of the molecule is C=C1C(=O)OC2/C=C(\C)CCC=C(CO)CC(O)C12. The zero-order valence-corrected chi connectivity index (χ0v) is 11.1. The quantitative estimate of drug-likeness (QED) is 0.428. The Hall–Kier alpha value is -1.39. The van der Waals surface area contributed by atoms with Crippen LogP contribution in [0, 0.1) is 5.92 Å². The lowest BCUT2D eigenvalue weighted by atomic mass is 9.85. The highest BCUT2D eigenvalue weighted by molar-refractivity contribution is 5.91. The molecule has 1 saturated heterocycles. The molecule has 2 aliphatic rings. The lowest BCUT2D eigenvalue weighted by Crippen LogP contribution is -2.29. The number of carbonyl (C=O) groups excluding carboxylic acids is 1. The molecule has 4 nitrogen and oxygen atoms in total. The van der Waals surface area contributed by atoms with Gasteiger partial charge in [0.1, 0.15) is 6.10 Å². The monoisotopic (exact) mass is 264 g/mol. The van der Waals surface area contributed by atoms with Crippen LogP contribution < -0.4 is 0 Å². The summed E-state index contributed by atoms with van der Waals surface area (Å²) in [5, 5.41) is 19.6. The van der Waals surface area contributed by atoms with Crippen LogP contribution in [-0.2, 0) is 9.53 Å². The Morgan fingerprint density at radius 3 is 2.95 bits per heavy atom. The van der Waals surface area contributed by atoms with E-state index < -0.39 is 24.1 Å². The molecule has 1 fully saturated rings. The first-order chi connectivity index (χ1) is 9.02. The Morgan fingerprint density at radius 2 is 2.26 bits per heavy atom. The summed E-state index contributed by atoms with van der Waals surface area (Å²) < 4.78 is 5.26. The van der Waals surface area contributed by atoms with Gasteiger partial charge in [-0.15, -0.1) is 0 Å². The first-order valence-electron chi connectivity index (χ1n) is 6.57. The largest absolute Gasteiger partial charge is 0.454 e. The highest BCUT2D eigenvalue weighted by Gasteiger charge is 2.42. The van der Waals surface area contributed by atoms with Crippen LogP contribution in [0.5, 0.6) is 0 Å². The van der Waals surface area contributed by atoms with Crippen LogP contribution in [0.15, 0.2) is 35.5 Å². The van der Waals surface area contributed by atoms with Crippen LogP contribution in [0.1, 0.15) is 26.2 Å². The zero-order chi connectivity index (χ0) is 14.0. The fourth-order valence-electron chi connectivity index (χ4n) is 2.67. The van der Waals surface area contributed by atoms with Gasteiger partial charge in [0.05, 0.1) is 18.6 Å². The van der Waals surface area contributed by atoms with Crippen molar-refractivity contribution in [3.8, 4) is 0 Å². The second kappa shape index (κ2) is 5.72. The predicted molar refractivity (Wildman–Crippen MR) is 71.3 cm³/mol. The molecular weight excluding hydrogens is 244 g/mol. The van der Waals surface area contributed by atoms with Gasteiger partial charge in [-0.05, 0) is 37.8 Å². The summed E-state index contributed by atoms with van der Waals surface area (Å²) in [6.07, 6.45) is 4.69. The minimum absolute atomic E-state index is 0.0709. The van der Waals surface area contributed by atoms with E-state index in [-0.39, 0.29) is 6.61 Å². The molecule has 0 spiro atoms. The van der Waals surface area contributed by atoms with Gasteiger partial charge >= 0.3 is 5.97 Å². The number of carbonyl (C=O) groups is 1. The summed E-state index contributed by atoms with van der Waals surface area (Å²) in [4.78, 5) is 11.6. The second-order valence-electron chi connectivity index (χ2n) is 5.26. The van der Waals surface area contributed by atoms with E-state index in [0.717, 1.165) is 24.0 Å². The number of ether oxygens (including phenoxy) is 1. The number of aliphatic hydroxyl groups excluding tert-OH is 2. The number of rotatable bonds is 1. The Labute approximate surface area is 113 Å². The first-order valence-corrected chi connectivity index (χ1v) is 6.57. The summed E-state index contributed by atoms with van der Waals surface area (Å²) in [6, 6.07) is 0. The molecule has 0 aromatic heterocycles. The van der Waals surface area contributed by atoms with E-state index in [4.69, 9.17) is 4.74 Å². The summed E-state index contributed by atoms with van der Waals surface area (Å²) in [5.74, 6) is -0.859. The molecule has 1 aliphatic heterocycles. The fraction of sp³-hybridized carbons (Fsp3) is 0.533. The maximum absolute atomic E-state index is 11.6. The van der Waals surface area contributed by atoms with Crippen LogP contribution >= 0.6 is 0 Å². The summed E-state index contributed by atoms with van der Waals surface area (Å²) in [7, 11) is 0. The Bertz CT molecular complexity index is 447. The number of hydrogen-bond donors (Lipinski definition) is 2. The fourth-order valence-corrected chi connectivity index (χ4v) is 2.67. The van der Waals surface area contributed by atoms with Crippen LogP contribution in [0.2, 0.25) is 0 Å². The number of fused-ring (bicyclic) bond motifs is 1. The van der Waals surface area contributed by atoms with Crippen molar-refractivity contribution >= 4 is 5.97 Å². The van der Waals surface area contributed by atoms with E-state index in [1.165, 1.54) is 0 Å². The van der Waals surface area contributed by atoms with Crippen molar-refractivity contribution in [2.75, 3.05) is 6.61 Å².